The highest BCUT2D eigenvalue weighted by Gasteiger charge is 2.21. The van der Waals surface area contributed by atoms with Gasteiger partial charge < -0.3 is 15.5 Å². The summed E-state index contributed by atoms with van der Waals surface area (Å²) in [5.41, 5.74) is 8.77. The highest BCUT2D eigenvalue weighted by Crippen LogP contribution is 2.22. The molecule has 0 atom stereocenters. The van der Waals surface area contributed by atoms with Crippen molar-refractivity contribution >= 4 is 29.1 Å². The van der Waals surface area contributed by atoms with Crippen LogP contribution in [0, 0.1) is 0 Å². The summed E-state index contributed by atoms with van der Waals surface area (Å²) in [6.07, 6.45) is 0. The topological polar surface area (TPSA) is 131 Å². The van der Waals surface area contributed by atoms with Gasteiger partial charge in [0, 0.05) is 24.5 Å². The average Bonchev–Trinajstić information content (AvgIpc) is 3.02. The van der Waals surface area contributed by atoms with E-state index in [0.717, 1.165) is 11.4 Å². The molecule has 2 N–H and O–H groups in total. The van der Waals surface area contributed by atoms with E-state index in [1.165, 1.54) is 0 Å². The Bertz CT molecular complexity index is 1560. The fourth-order valence-electron chi connectivity index (χ4n) is 4.36. The molecule has 0 unspecified atom stereocenters. The minimum atomic E-state index is -0.255. The molecule has 204 valence electrons. The maximum absolute atomic E-state index is 13.3. The molecule has 0 aliphatic rings. The summed E-state index contributed by atoms with van der Waals surface area (Å²) in [7, 11) is 0. The predicted molar refractivity (Wildman–Crippen MR) is 158 cm³/mol. The first-order valence-electron chi connectivity index (χ1n) is 13.2. The van der Waals surface area contributed by atoms with Crippen LogP contribution in [0.3, 0.4) is 0 Å². The molecule has 0 spiro atoms. The summed E-state index contributed by atoms with van der Waals surface area (Å²) in [5.74, 6) is -0.184. The van der Waals surface area contributed by atoms with Crippen LogP contribution < -0.4 is 15.5 Å². The molecule has 0 saturated heterocycles. The molecule has 0 fully saturated rings. The number of aromatic nitrogens is 5. The number of nitrogens with zero attached hydrogens (tertiary/aromatic N) is 7. The van der Waals surface area contributed by atoms with Crippen LogP contribution in [0.15, 0.2) is 97.1 Å². The zero-order chi connectivity index (χ0) is 28.8. The lowest BCUT2D eigenvalue weighted by molar-refractivity contribution is 0.0976. The minimum absolute atomic E-state index is 0.0407. The molecule has 0 saturated carbocycles. The fraction of sp³-hybridized carbons (Fsp3) is 0.129. The molecule has 3 aromatic heterocycles. The van der Waals surface area contributed by atoms with Crippen LogP contribution in [0.5, 0.6) is 0 Å². The lowest BCUT2D eigenvalue weighted by Gasteiger charge is -2.20. The van der Waals surface area contributed by atoms with E-state index >= 15 is 0 Å². The highest BCUT2D eigenvalue weighted by molar-refractivity contribution is 6.05. The SMILES string of the molecule is CCN(C(=O)c1cccc(-c2nc(N)nc(-c3cccc(C(=O)N(CC)c4ccccc4)n3)n2)n1)c1ccccc1. The second kappa shape index (κ2) is 12.1. The van der Waals surface area contributed by atoms with Crippen molar-refractivity contribution in [1.82, 2.24) is 24.9 Å². The number of benzene rings is 2. The number of nitrogens with two attached hydrogens (primary N) is 1. The van der Waals surface area contributed by atoms with Crippen molar-refractivity contribution in [2.75, 3.05) is 28.6 Å². The van der Waals surface area contributed by atoms with Crippen LogP contribution in [0.25, 0.3) is 23.0 Å². The van der Waals surface area contributed by atoms with Gasteiger partial charge in [-0.25, -0.2) is 15.0 Å². The highest BCUT2D eigenvalue weighted by atomic mass is 16.2. The molecule has 2 aromatic carbocycles. The number of anilines is 3. The van der Waals surface area contributed by atoms with E-state index in [9.17, 15) is 9.59 Å². The van der Waals surface area contributed by atoms with Crippen LogP contribution in [0.4, 0.5) is 17.3 Å². The first-order chi connectivity index (χ1) is 20.0. The van der Waals surface area contributed by atoms with Crippen molar-refractivity contribution in [3.8, 4) is 23.0 Å². The van der Waals surface area contributed by atoms with Gasteiger partial charge in [0.15, 0.2) is 11.6 Å². The number of nitrogen functional groups attached to an aromatic ring is 1. The van der Waals surface area contributed by atoms with E-state index < -0.39 is 0 Å². The van der Waals surface area contributed by atoms with E-state index in [1.807, 2.05) is 74.5 Å². The van der Waals surface area contributed by atoms with Gasteiger partial charge in [0.05, 0.1) is 0 Å². The Hall–Kier alpha value is -5.51. The van der Waals surface area contributed by atoms with Crippen molar-refractivity contribution < 1.29 is 9.59 Å². The molecule has 5 aromatic rings. The summed E-state index contributed by atoms with van der Waals surface area (Å²) < 4.78 is 0. The summed E-state index contributed by atoms with van der Waals surface area (Å²) in [4.78, 5) is 52.1. The van der Waals surface area contributed by atoms with Gasteiger partial charge in [-0.1, -0.05) is 48.5 Å². The molecule has 3 heterocycles. The van der Waals surface area contributed by atoms with E-state index in [0.29, 0.717) is 24.5 Å². The Labute approximate surface area is 237 Å². The van der Waals surface area contributed by atoms with Gasteiger partial charge in [-0.05, 0) is 62.4 Å². The molecule has 41 heavy (non-hydrogen) atoms. The number of rotatable bonds is 8. The van der Waals surface area contributed by atoms with Gasteiger partial charge >= 0.3 is 0 Å². The number of hydrogen-bond acceptors (Lipinski definition) is 8. The number of carbonyl (C=O) groups excluding carboxylic acids is 2. The Balaban J connectivity index is 1.46. The number of amides is 2. The van der Waals surface area contributed by atoms with E-state index in [2.05, 4.69) is 24.9 Å². The van der Waals surface area contributed by atoms with Gasteiger partial charge in [0.25, 0.3) is 11.8 Å². The summed E-state index contributed by atoms with van der Waals surface area (Å²) >= 11 is 0. The standard InChI is InChI=1S/C31H28N8O2/c1-3-38(21-13-7-5-8-14-21)29(40)25-19-11-17-23(33-25)27-35-28(37-31(32)36-27)24-18-12-20-26(34-24)30(41)39(4-2)22-15-9-6-10-16-22/h5-20H,3-4H2,1-2H3,(H2,32,35,36,37). The van der Waals surface area contributed by atoms with Crippen molar-refractivity contribution in [1.29, 1.82) is 0 Å². The van der Waals surface area contributed by atoms with Crippen molar-refractivity contribution in [3.05, 3.63) is 108 Å². The van der Waals surface area contributed by atoms with Crippen LogP contribution in [0.1, 0.15) is 34.8 Å². The van der Waals surface area contributed by atoms with Crippen LogP contribution in [-0.2, 0) is 0 Å². The lowest BCUT2D eigenvalue weighted by atomic mass is 10.2. The molecule has 0 aliphatic carbocycles. The number of carbonyl (C=O) groups is 2. The molecule has 0 radical (unpaired) electrons. The fourth-order valence-corrected chi connectivity index (χ4v) is 4.36. The van der Waals surface area contributed by atoms with Gasteiger partial charge in [-0.3, -0.25) is 9.59 Å². The minimum Gasteiger partial charge on any atom is -0.368 e. The maximum atomic E-state index is 13.3. The first kappa shape index (κ1) is 27.1. The Morgan fingerprint density at radius 2 is 0.976 bits per heavy atom. The molecular formula is C31H28N8O2. The Morgan fingerprint density at radius 1 is 0.561 bits per heavy atom. The Kier molecular flexibility index (Phi) is 8.00. The molecule has 10 heteroatoms. The smallest absolute Gasteiger partial charge is 0.276 e. The lowest BCUT2D eigenvalue weighted by Crippen LogP contribution is -2.31. The van der Waals surface area contributed by atoms with Crippen molar-refractivity contribution in [2.45, 2.75) is 13.8 Å². The predicted octanol–water partition coefficient (Wildman–Crippen LogP) is 4.91. The summed E-state index contributed by atoms with van der Waals surface area (Å²) in [6.45, 7) is 4.74. The van der Waals surface area contributed by atoms with Crippen molar-refractivity contribution in [2.24, 2.45) is 0 Å². The number of para-hydroxylation sites is 2. The third kappa shape index (κ3) is 5.91. The zero-order valence-corrected chi connectivity index (χ0v) is 22.7. The van der Waals surface area contributed by atoms with Crippen LogP contribution in [-0.4, -0.2) is 49.8 Å². The summed E-state index contributed by atoms with van der Waals surface area (Å²) in [6, 6.07) is 28.9. The normalized spacial score (nSPS) is 10.7. The van der Waals surface area contributed by atoms with E-state index in [-0.39, 0.29) is 40.8 Å². The molecule has 10 nitrogen and oxygen atoms in total. The van der Waals surface area contributed by atoms with Crippen LogP contribution >= 0.6 is 0 Å². The first-order valence-corrected chi connectivity index (χ1v) is 13.2. The summed E-state index contributed by atoms with van der Waals surface area (Å²) in [5, 5.41) is 0. The third-order valence-electron chi connectivity index (χ3n) is 6.31. The second-order valence-corrected chi connectivity index (χ2v) is 8.93. The molecule has 0 bridgehead atoms. The molecule has 2 amide bonds. The van der Waals surface area contributed by atoms with Crippen LogP contribution in [0.2, 0.25) is 0 Å². The second-order valence-electron chi connectivity index (χ2n) is 8.93. The van der Waals surface area contributed by atoms with Gasteiger partial charge in [0.2, 0.25) is 5.95 Å². The number of pyridine rings is 2. The molecular weight excluding hydrogens is 516 g/mol. The number of hydrogen-bond donors (Lipinski definition) is 1. The van der Waals surface area contributed by atoms with E-state index in [4.69, 9.17) is 5.73 Å². The maximum Gasteiger partial charge on any atom is 0.276 e. The average molecular weight is 545 g/mol. The third-order valence-corrected chi connectivity index (χ3v) is 6.31. The molecule has 5 rings (SSSR count). The monoisotopic (exact) mass is 544 g/mol. The zero-order valence-electron chi connectivity index (χ0n) is 22.7. The van der Waals surface area contributed by atoms with Gasteiger partial charge in [-0.2, -0.15) is 9.97 Å². The van der Waals surface area contributed by atoms with Gasteiger partial charge in [0.1, 0.15) is 22.8 Å². The van der Waals surface area contributed by atoms with Crippen molar-refractivity contribution in [3.63, 3.8) is 0 Å². The van der Waals surface area contributed by atoms with E-state index in [1.54, 1.807) is 46.2 Å². The quantitative estimate of drug-likeness (QED) is 0.291. The Morgan fingerprint density at radius 3 is 1.37 bits per heavy atom. The van der Waals surface area contributed by atoms with Gasteiger partial charge in [-0.15, -0.1) is 0 Å². The molecule has 0 aliphatic heterocycles. The largest absolute Gasteiger partial charge is 0.368 e.